The molecule has 0 spiro atoms. The molecule has 0 aliphatic rings. The Bertz CT molecular complexity index is 374. The Morgan fingerprint density at radius 2 is 2.19 bits per heavy atom. The van der Waals surface area contributed by atoms with Gasteiger partial charge in [0.1, 0.15) is 12.4 Å². The number of hydrogen-bond donors (Lipinski definition) is 0. The molecule has 0 N–H and O–H groups in total. The number of carbonyl (C=O) groups is 1. The first-order chi connectivity index (χ1) is 7.65. The van der Waals surface area contributed by atoms with E-state index in [2.05, 4.69) is 6.58 Å². The van der Waals surface area contributed by atoms with E-state index in [0.29, 0.717) is 13.2 Å². The van der Waals surface area contributed by atoms with Crippen LogP contribution >= 0.6 is 0 Å². The highest BCUT2D eigenvalue weighted by Crippen LogP contribution is 2.18. The van der Waals surface area contributed by atoms with Gasteiger partial charge in [-0.15, -0.1) is 0 Å². The molecule has 0 bridgehead atoms. The van der Waals surface area contributed by atoms with Gasteiger partial charge in [0.25, 0.3) is 0 Å². The second kappa shape index (κ2) is 5.95. The minimum Gasteiger partial charge on any atom is -0.491 e. The van der Waals surface area contributed by atoms with E-state index in [1.54, 1.807) is 18.0 Å². The first kappa shape index (κ1) is 12.3. The van der Waals surface area contributed by atoms with Crippen LogP contribution in [0.1, 0.15) is 12.5 Å². The maximum atomic E-state index is 11.0. The summed E-state index contributed by atoms with van der Waals surface area (Å²) in [6, 6.07) is 7.68. The number of para-hydroxylation sites is 1. The zero-order valence-corrected chi connectivity index (χ0v) is 9.77. The number of carbonyl (C=O) groups excluding carboxylic acids is 1. The Labute approximate surface area is 96.3 Å². The monoisotopic (exact) mass is 219 g/mol. The van der Waals surface area contributed by atoms with Gasteiger partial charge in [-0.05, 0) is 6.07 Å². The molecule has 0 atom stereocenters. The minimum absolute atomic E-state index is 0.0422. The first-order valence-corrected chi connectivity index (χ1v) is 5.21. The molecule has 0 radical (unpaired) electrons. The Hall–Kier alpha value is -1.77. The number of rotatable bonds is 5. The lowest BCUT2D eigenvalue weighted by molar-refractivity contribution is -0.127. The molecule has 0 aliphatic heterocycles. The predicted molar refractivity (Wildman–Crippen MR) is 65.3 cm³/mol. The zero-order chi connectivity index (χ0) is 12.0. The second-order valence-corrected chi connectivity index (χ2v) is 3.53. The van der Waals surface area contributed by atoms with E-state index in [0.717, 1.165) is 11.3 Å². The van der Waals surface area contributed by atoms with Gasteiger partial charge < -0.3 is 9.64 Å². The van der Waals surface area contributed by atoms with Crippen LogP contribution in [0.2, 0.25) is 0 Å². The van der Waals surface area contributed by atoms with Crippen molar-refractivity contribution in [1.82, 2.24) is 4.90 Å². The van der Waals surface area contributed by atoms with Crippen molar-refractivity contribution in [2.75, 3.05) is 20.2 Å². The van der Waals surface area contributed by atoms with Crippen molar-refractivity contribution in [1.29, 1.82) is 0 Å². The molecule has 16 heavy (non-hydrogen) atoms. The van der Waals surface area contributed by atoms with Crippen molar-refractivity contribution < 1.29 is 9.53 Å². The van der Waals surface area contributed by atoms with Crippen molar-refractivity contribution in [3.8, 4) is 5.75 Å². The predicted octanol–water partition coefficient (Wildman–Crippen LogP) is 2.19. The van der Waals surface area contributed by atoms with Crippen LogP contribution in [-0.4, -0.2) is 31.0 Å². The smallest absolute Gasteiger partial charge is 0.219 e. The molecular formula is C13H17NO2. The van der Waals surface area contributed by atoms with Crippen LogP contribution in [0.5, 0.6) is 5.75 Å². The third kappa shape index (κ3) is 3.42. The summed E-state index contributed by atoms with van der Waals surface area (Å²) in [7, 11) is 1.76. The maximum Gasteiger partial charge on any atom is 0.219 e. The van der Waals surface area contributed by atoms with Crippen LogP contribution in [-0.2, 0) is 4.79 Å². The van der Waals surface area contributed by atoms with E-state index < -0.39 is 0 Å². The van der Waals surface area contributed by atoms with Crippen molar-refractivity contribution >= 4 is 12.0 Å². The normalized spacial score (nSPS) is 9.62. The van der Waals surface area contributed by atoms with Crippen LogP contribution in [0.3, 0.4) is 0 Å². The summed E-state index contributed by atoms with van der Waals surface area (Å²) in [4.78, 5) is 12.6. The zero-order valence-electron chi connectivity index (χ0n) is 9.77. The summed E-state index contributed by atoms with van der Waals surface area (Å²) in [5, 5.41) is 0. The highest BCUT2D eigenvalue weighted by molar-refractivity contribution is 5.72. The molecule has 1 rings (SSSR count). The van der Waals surface area contributed by atoms with Crippen molar-refractivity contribution in [2.45, 2.75) is 6.92 Å². The molecule has 1 aromatic carbocycles. The molecule has 0 saturated carbocycles. The van der Waals surface area contributed by atoms with Gasteiger partial charge in [-0.3, -0.25) is 4.79 Å². The second-order valence-electron chi connectivity index (χ2n) is 3.53. The van der Waals surface area contributed by atoms with E-state index in [1.165, 1.54) is 6.92 Å². The van der Waals surface area contributed by atoms with E-state index in [4.69, 9.17) is 4.74 Å². The fraction of sp³-hybridized carbons (Fsp3) is 0.308. The van der Waals surface area contributed by atoms with Crippen LogP contribution < -0.4 is 4.74 Å². The van der Waals surface area contributed by atoms with E-state index >= 15 is 0 Å². The molecule has 3 nitrogen and oxygen atoms in total. The van der Waals surface area contributed by atoms with Gasteiger partial charge in [0.05, 0.1) is 6.54 Å². The Kier molecular flexibility index (Phi) is 4.58. The maximum absolute atomic E-state index is 11.0. The van der Waals surface area contributed by atoms with Gasteiger partial charge in [-0.2, -0.15) is 0 Å². The number of amides is 1. The van der Waals surface area contributed by atoms with E-state index in [9.17, 15) is 4.79 Å². The fourth-order valence-electron chi connectivity index (χ4n) is 1.23. The molecule has 0 saturated heterocycles. The van der Waals surface area contributed by atoms with Gasteiger partial charge in [0.15, 0.2) is 0 Å². The van der Waals surface area contributed by atoms with Crippen molar-refractivity contribution in [3.63, 3.8) is 0 Å². The van der Waals surface area contributed by atoms with Crippen LogP contribution in [0.15, 0.2) is 30.8 Å². The molecule has 1 amide bonds. The summed E-state index contributed by atoms with van der Waals surface area (Å²) >= 11 is 0. The van der Waals surface area contributed by atoms with Gasteiger partial charge >= 0.3 is 0 Å². The largest absolute Gasteiger partial charge is 0.491 e. The molecule has 0 aromatic heterocycles. The molecule has 86 valence electrons. The van der Waals surface area contributed by atoms with Crippen molar-refractivity contribution in [2.24, 2.45) is 0 Å². The Morgan fingerprint density at radius 1 is 1.50 bits per heavy atom. The quantitative estimate of drug-likeness (QED) is 0.759. The third-order valence-electron chi connectivity index (χ3n) is 2.36. The van der Waals surface area contributed by atoms with Gasteiger partial charge in [0, 0.05) is 19.5 Å². The van der Waals surface area contributed by atoms with Gasteiger partial charge in [-0.25, -0.2) is 0 Å². The average molecular weight is 219 g/mol. The number of benzene rings is 1. The van der Waals surface area contributed by atoms with Crippen LogP contribution in [0.4, 0.5) is 0 Å². The summed E-state index contributed by atoms with van der Waals surface area (Å²) in [6.45, 7) is 6.33. The first-order valence-electron chi connectivity index (χ1n) is 5.21. The SMILES string of the molecule is C=Cc1ccccc1OCCN(C)C(C)=O. The van der Waals surface area contributed by atoms with Gasteiger partial charge in [0.2, 0.25) is 5.91 Å². The number of likely N-dealkylation sites (N-methyl/N-ethyl adjacent to an activating group) is 1. The number of nitrogens with zero attached hydrogens (tertiary/aromatic N) is 1. The summed E-state index contributed by atoms with van der Waals surface area (Å²) in [6.07, 6.45) is 1.75. The molecule has 1 aromatic rings. The van der Waals surface area contributed by atoms with Crippen LogP contribution in [0.25, 0.3) is 6.08 Å². The highest BCUT2D eigenvalue weighted by atomic mass is 16.5. The van der Waals surface area contributed by atoms with Crippen molar-refractivity contribution in [3.05, 3.63) is 36.4 Å². The third-order valence-corrected chi connectivity index (χ3v) is 2.36. The topological polar surface area (TPSA) is 29.5 Å². The standard InChI is InChI=1S/C13H17NO2/c1-4-12-7-5-6-8-13(12)16-10-9-14(3)11(2)15/h4-8H,1,9-10H2,2-3H3. The lowest BCUT2D eigenvalue weighted by Gasteiger charge is -2.15. The average Bonchev–Trinajstić information content (AvgIpc) is 2.29. The van der Waals surface area contributed by atoms with Gasteiger partial charge in [-0.1, -0.05) is 30.9 Å². The number of hydrogen-bond acceptors (Lipinski definition) is 2. The summed E-state index contributed by atoms with van der Waals surface area (Å²) in [5.74, 6) is 0.843. The molecular weight excluding hydrogens is 202 g/mol. The molecule has 0 heterocycles. The van der Waals surface area contributed by atoms with Crippen LogP contribution in [0, 0.1) is 0 Å². The Balaban J connectivity index is 2.48. The minimum atomic E-state index is 0.0422. The Morgan fingerprint density at radius 3 is 2.81 bits per heavy atom. The molecule has 3 heteroatoms. The lowest BCUT2D eigenvalue weighted by atomic mass is 10.2. The van der Waals surface area contributed by atoms with E-state index in [-0.39, 0.29) is 5.91 Å². The highest BCUT2D eigenvalue weighted by Gasteiger charge is 2.03. The number of ether oxygens (including phenoxy) is 1. The molecule has 0 fully saturated rings. The summed E-state index contributed by atoms with van der Waals surface area (Å²) < 4.78 is 5.58. The van der Waals surface area contributed by atoms with E-state index in [1.807, 2.05) is 24.3 Å². The fourth-order valence-corrected chi connectivity index (χ4v) is 1.23. The molecule has 0 unspecified atom stereocenters. The molecule has 0 aliphatic carbocycles. The lowest BCUT2D eigenvalue weighted by Crippen LogP contribution is -2.28. The summed E-state index contributed by atoms with van der Waals surface area (Å²) in [5.41, 5.74) is 0.966.